The van der Waals surface area contributed by atoms with Crippen LogP contribution in [0.4, 0.5) is 13.2 Å². The van der Waals surface area contributed by atoms with Crippen molar-refractivity contribution < 1.29 is 18.0 Å². The van der Waals surface area contributed by atoms with Gasteiger partial charge in [0.15, 0.2) is 6.04 Å². The van der Waals surface area contributed by atoms with Crippen molar-refractivity contribution in [1.82, 2.24) is 20.5 Å². The van der Waals surface area contributed by atoms with Gasteiger partial charge in [0.1, 0.15) is 11.9 Å². The molecule has 0 saturated heterocycles. The number of aromatic nitrogens is 1. The summed E-state index contributed by atoms with van der Waals surface area (Å²) in [6.07, 6.45) is 7.04. The largest absolute Gasteiger partial charge is 0.412 e. The SMILES string of the molecule is O=C(NC(c1cccnc1)C(F)(F)F)C1=C2C=CC=CN2C(C2CC2)N1. The molecular formula is C18H17F3N4O. The summed E-state index contributed by atoms with van der Waals surface area (Å²) in [5.41, 5.74) is 0.654. The van der Waals surface area contributed by atoms with Gasteiger partial charge in [0.25, 0.3) is 5.91 Å². The molecule has 136 valence electrons. The maximum Gasteiger partial charge on any atom is 0.412 e. The lowest BCUT2D eigenvalue weighted by Crippen LogP contribution is -2.42. The first-order valence-corrected chi connectivity index (χ1v) is 8.36. The molecule has 1 aromatic heterocycles. The van der Waals surface area contributed by atoms with E-state index in [1.807, 2.05) is 17.2 Å². The van der Waals surface area contributed by atoms with E-state index in [-0.39, 0.29) is 17.4 Å². The average molecular weight is 362 g/mol. The fourth-order valence-corrected chi connectivity index (χ4v) is 3.24. The molecule has 8 heteroatoms. The maximum atomic E-state index is 13.5. The molecule has 26 heavy (non-hydrogen) atoms. The van der Waals surface area contributed by atoms with Crippen LogP contribution in [0.3, 0.4) is 0 Å². The zero-order chi connectivity index (χ0) is 18.3. The monoisotopic (exact) mass is 362 g/mol. The van der Waals surface area contributed by atoms with Gasteiger partial charge in [-0.2, -0.15) is 13.2 Å². The molecule has 1 fully saturated rings. The van der Waals surface area contributed by atoms with Gasteiger partial charge in [-0.05, 0) is 37.0 Å². The van der Waals surface area contributed by atoms with Crippen molar-refractivity contribution in [2.75, 3.05) is 0 Å². The third-order valence-electron chi connectivity index (χ3n) is 4.65. The topological polar surface area (TPSA) is 57.3 Å². The summed E-state index contributed by atoms with van der Waals surface area (Å²) in [4.78, 5) is 18.3. The van der Waals surface area contributed by atoms with E-state index in [4.69, 9.17) is 0 Å². The molecule has 1 saturated carbocycles. The third-order valence-corrected chi connectivity index (χ3v) is 4.65. The molecule has 1 aromatic rings. The quantitative estimate of drug-likeness (QED) is 0.865. The molecular weight excluding hydrogens is 345 g/mol. The molecule has 0 aromatic carbocycles. The number of halogens is 3. The van der Waals surface area contributed by atoms with Crippen molar-refractivity contribution in [1.29, 1.82) is 0 Å². The number of nitrogens with one attached hydrogen (secondary N) is 2. The van der Waals surface area contributed by atoms with Gasteiger partial charge < -0.3 is 15.5 Å². The average Bonchev–Trinajstić information content (AvgIpc) is 3.39. The first-order chi connectivity index (χ1) is 12.4. The second-order valence-corrected chi connectivity index (χ2v) is 6.53. The number of carbonyl (C=O) groups is 1. The number of nitrogens with zero attached hydrogens (tertiary/aromatic N) is 2. The van der Waals surface area contributed by atoms with E-state index in [1.165, 1.54) is 18.3 Å². The summed E-state index contributed by atoms with van der Waals surface area (Å²) in [5.74, 6) is -0.387. The molecule has 3 aliphatic rings. The first-order valence-electron chi connectivity index (χ1n) is 8.36. The molecule has 4 rings (SSSR count). The van der Waals surface area contributed by atoms with Crippen molar-refractivity contribution >= 4 is 5.91 Å². The lowest BCUT2D eigenvalue weighted by atomic mass is 10.1. The van der Waals surface area contributed by atoms with E-state index >= 15 is 0 Å². The van der Waals surface area contributed by atoms with E-state index in [2.05, 4.69) is 15.6 Å². The fourth-order valence-electron chi connectivity index (χ4n) is 3.24. The zero-order valence-electron chi connectivity index (χ0n) is 13.7. The molecule has 5 nitrogen and oxygen atoms in total. The second-order valence-electron chi connectivity index (χ2n) is 6.53. The molecule has 1 aliphatic carbocycles. The lowest BCUT2D eigenvalue weighted by Gasteiger charge is -2.25. The summed E-state index contributed by atoms with van der Waals surface area (Å²) in [6.45, 7) is 0. The van der Waals surface area contributed by atoms with E-state index in [0.29, 0.717) is 11.6 Å². The minimum absolute atomic E-state index is 0.0883. The van der Waals surface area contributed by atoms with Crippen molar-refractivity contribution in [3.05, 3.63) is 65.9 Å². The summed E-state index contributed by atoms with van der Waals surface area (Å²) in [5, 5.41) is 5.23. The first kappa shape index (κ1) is 16.7. The number of hydrogen-bond donors (Lipinski definition) is 2. The standard InChI is InChI=1S/C18H17F3N4O/c19-18(20,21)15(12-4-3-8-22-10-12)24-17(26)14-13-5-1-2-9-25(13)16(23-14)11-6-7-11/h1-5,8-11,15-16,23H,6-7H2,(H,24,26). The van der Waals surface area contributed by atoms with Crippen LogP contribution < -0.4 is 10.6 Å². The van der Waals surface area contributed by atoms with E-state index < -0.39 is 18.1 Å². The highest BCUT2D eigenvalue weighted by atomic mass is 19.4. The summed E-state index contributed by atoms with van der Waals surface area (Å²) < 4.78 is 40.5. The van der Waals surface area contributed by atoms with Gasteiger partial charge in [-0.1, -0.05) is 12.1 Å². The van der Waals surface area contributed by atoms with Crippen LogP contribution >= 0.6 is 0 Å². The molecule has 2 unspecified atom stereocenters. The van der Waals surface area contributed by atoms with E-state index in [9.17, 15) is 18.0 Å². The molecule has 0 bridgehead atoms. The summed E-state index contributed by atoms with van der Waals surface area (Å²) in [7, 11) is 0. The van der Waals surface area contributed by atoms with Gasteiger partial charge in [-0.3, -0.25) is 9.78 Å². The normalized spacial score (nSPS) is 22.9. The molecule has 2 aliphatic heterocycles. The Morgan fingerprint density at radius 2 is 2.15 bits per heavy atom. The van der Waals surface area contributed by atoms with Crippen LogP contribution in [0.5, 0.6) is 0 Å². The van der Waals surface area contributed by atoms with Gasteiger partial charge in [-0.25, -0.2) is 0 Å². The number of rotatable bonds is 4. The van der Waals surface area contributed by atoms with Crippen molar-refractivity contribution in [2.24, 2.45) is 5.92 Å². The van der Waals surface area contributed by atoms with Crippen LogP contribution in [0, 0.1) is 5.92 Å². The van der Waals surface area contributed by atoms with Crippen molar-refractivity contribution in [2.45, 2.75) is 31.2 Å². The van der Waals surface area contributed by atoms with Crippen LogP contribution in [-0.2, 0) is 4.79 Å². The molecule has 2 N–H and O–H groups in total. The highest BCUT2D eigenvalue weighted by Gasteiger charge is 2.45. The Kier molecular flexibility index (Phi) is 3.97. The Bertz CT molecular complexity index is 796. The van der Waals surface area contributed by atoms with Crippen LogP contribution in [-0.4, -0.2) is 28.1 Å². The Morgan fingerprint density at radius 3 is 2.81 bits per heavy atom. The number of amides is 1. The summed E-state index contributed by atoms with van der Waals surface area (Å²) in [6, 6.07) is 0.596. The van der Waals surface area contributed by atoms with E-state index in [0.717, 1.165) is 19.0 Å². The van der Waals surface area contributed by atoms with Gasteiger partial charge in [0, 0.05) is 24.2 Å². The van der Waals surface area contributed by atoms with Gasteiger partial charge in [0.2, 0.25) is 0 Å². The minimum atomic E-state index is -4.62. The predicted octanol–water partition coefficient (Wildman–Crippen LogP) is 2.74. The van der Waals surface area contributed by atoms with Crippen molar-refractivity contribution in [3.8, 4) is 0 Å². The molecule has 0 radical (unpaired) electrons. The van der Waals surface area contributed by atoms with Gasteiger partial charge >= 0.3 is 6.18 Å². The fraction of sp³-hybridized carbons (Fsp3) is 0.333. The second kappa shape index (κ2) is 6.19. The smallest absolute Gasteiger partial charge is 0.358 e. The van der Waals surface area contributed by atoms with Crippen LogP contribution in [0.1, 0.15) is 24.4 Å². The molecule has 0 spiro atoms. The lowest BCUT2D eigenvalue weighted by molar-refractivity contribution is -0.162. The third kappa shape index (κ3) is 3.07. The highest BCUT2D eigenvalue weighted by Crippen LogP contribution is 2.40. The number of alkyl halides is 3. The van der Waals surface area contributed by atoms with Crippen LogP contribution in [0.25, 0.3) is 0 Å². The van der Waals surface area contributed by atoms with Crippen LogP contribution in [0.15, 0.2) is 60.3 Å². The highest BCUT2D eigenvalue weighted by molar-refractivity contribution is 5.95. The molecule has 2 atom stereocenters. The predicted molar refractivity (Wildman–Crippen MR) is 88.0 cm³/mol. The van der Waals surface area contributed by atoms with Gasteiger partial charge in [0.05, 0.1) is 5.70 Å². The van der Waals surface area contributed by atoms with Gasteiger partial charge in [-0.15, -0.1) is 0 Å². The number of pyridine rings is 1. The molecule has 1 amide bonds. The van der Waals surface area contributed by atoms with Crippen LogP contribution in [0.2, 0.25) is 0 Å². The Morgan fingerprint density at radius 1 is 1.35 bits per heavy atom. The Labute approximate surface area is 148 Å². The maximum absolute atomic E-state index is 13.5. The number of hydrogen-bond acceptors (Lipinski definition) is 4. The summed E-state index contributed by atoms with van der Waals surface area (Å²) >= 11 is 0. The number of allylic oxidation sites excluding steroid dienone is 3. The van der Waals surface area contributed by atoms with Crippen molar-refractivity contribution in [3.63, 3.8) is 0 Å². The Hall–Kier alpha value is -2.77. The number of carbonyl (C=O) groups excluding carboxylic acids is 1. The zero-order valence-corrected chi connectivity index (χ0v) is 13.7. The van der Waals surface area contributed by atoms with E-state index in [1.54, 1.807) is 12.2 Å². The minimum Gasteiger partial charge on any atom is -0.358 e. The number of fused-ring (bicyclic) bond motifs is 1. The molecule has 3 heterocycles. The Balaban J connectivity index is 1.60.